The van der Waals surface area contributed by atoms with Crippen molar-refractivity contribution in [1.29, 1.82) is 0 Å². The van der Waals surface area contributed by atoms with E-state index in [-0.39, 0.29) is 6.10 Å². The lowest BCUT2D eigenvalue weighted by atomic mass is 10.1. The maximum Gasteiger partial charge on any atom is 0.442 e. The summed E-state index contributed by atoms with van der Waals surface area (Å²) in [6.07, 6.45) is 1.54. The minimum atomic E-state index is -0.556. The van der Waals surface area contributed by atoms with Gasteiger partial charge >= 0.3 is 5.76 Å². The molecule has 0 aliphatic carbocycles. The second kappa shape index (κ2) is 7.57. The van der Waals surface area contributed by atoms with E-state index < -0.39 is 5.76 Å². The number of rotatable bonds is 6. The Bertz CT molecular complexity index is 900. The van der Waals surface area contributed by atoms with Crippen LogP contribution >= 0.6 is 11.6 Å². The van der Waals surface area contributed by atoms with E-state index in [0.29, 0.717) is 23.0 Å². The number of benzene rings is 2. The number of ether oxygens (including phenoxy) is 1. The third-order valence-corrected chi connectivity index (χ3v) is 4.18. The van der Waals surface area contributed by atoms with Crippen molar-refractivity contribution in [3.8, 4) is 11.4 Å². The molecule has 0 saturated heterocycles. The summed E-state index contributed by atoms with van der Waals surface area (Å²) in [5.74, 6) is 0.599. The van der Waals surface area contributed by atoms with Gasteiger partial charge in [0.2, 0.25) is 5.89 Å². The summed E-state index contributed by atoms with van der Waals surface area (Å²) in [4.78, 5) is 12.0. The van der Waals surface area contributed by atoms with Crippen molar-refractivity contribution in [3.05, 3.63) is 75.6 Å². The number of nitrogens with zero attached hydrogens (tertiary/aromatic N) is 2. The molecule has 2 aromatic carbocycles. The molecule has 0 aliphatic rings. The van der Waals surface area contributed by atoms with Gasteiger partial charge in [0.15, 0.2) is 0 Å². The predicted molar refractivity (Wildman–Crippen MR) is 96.7 cm³/mol. The van der Waals surface area contributed by atoms with Crippen molar-refractivity contribution in [2.45, 2.75) is 32.8 Å². The Morgan fingerprint density at radius 1 is 1.20 bits per heavy atom. The van der Waals surface area contributed by atoms with Crippen LogP contribution in [0.2, 0.25) is 5.02 Å². The number of hydrogen-bond acceptors (Lipinski definition) is 4. The van der Waals surface area contributed by atoms with Gasteiger partial charge in [-0.05, 0) is 43.2 Å². The van der Waals surface area contributed by atoms with Crippen LogP contribution in [0.1, 0.15) is 31.7 Å². The summed E-state index contributed by atoms with van der Waals surface area (Å²) in [5, 5.41) is 4.68. The van der Waals surface area contributed by atoms with Crippen LogP contribution in [0.15, 0.2) is 57.7 Å². The van der Waals surface area contributed by atoms with Gasteiger partial charge in [0.25, 0.3) is 0 Å². The Labute approximate surface area is 150 Å². The summed E-state index contributed by atoms with van der Waals surface area (Å²) >= 11 is 6.12. The topological polar surface area (TPSA) is 57.3 Å². The summed E-state index contributed by atoms with van der Waals surface area (Å²) in [6, 6.07) is 14.7. The number of halogens is 1. The molecule has 0 N–H and O–H groups in total. The molecule has 6 heteroatoms. The first-order valence-electron chi connectivity index (χ1n) is 8.16. The quantitative estimate of drug-likeness (QED) is 0.661. The minimum absolute atomic E-state index is 0.176. The van der Waals surface area contributed by atoms with Crippen molar-refractivity contribution < 1.29 is 9.15 Å². The molecule has 1 aromatic heterocycles. The molecule has 0 saturated carbocycles. The highest BCUT2D eigenvalue weighted by molar-refractivity contribution is 6.32. The van der Waals surface area contributed by atoms with Crippen molar-refractivity contribution in [2.75, 3.05) is 0 Å². The van der Waals surface area contributed by atoms with E-state index in [1.807, 2.05) is 31.2 Å². The van der Waals surface area contributed by atoms with Crippen LogP contribution < -0.4 is 10.5 Å². The second-order valence-corrected chi connectivity index (χ2v) is 6.19. The van der Waals surface area contributed by atoms with E-state index >= 15 is 0 Å². The first-order chi connectivity index (χ1) is 12.1. The van der Waals surface area contributed by atoms with Crippen molar-refractivity contribution in [1.82, 2.24) is 9.78 Å². The number of para-hydroxylation sites is 1. The molecule has 130 valence electrons. The monoisotopic (exact) mass is 358 g/mol. The molecule has 3 rings (SSSR count). The van der Waals surface area contributed by atoms with E-state index in [4.69, 9.17) is 20.8 Å². The Balaban J connectivity index is 1.77. The smallest absolute Gasteiger partial charge is 0.442 e. The fraction of sp³-hybridized carbons (Fsp3) is 0.263. The molecule has 0 radical (unpaired) electrons. The van der Waals surface area contributed by atoms with Crippen LogP contribution in [0, 0.1) is 0 Å². The van der Waals surface area contributed by atoms with Crippen LogP contribution in [-0.4, -0.2) is 15.9 Å². The Hall–Kier alpha value is -2.53. The standard InChI is InChI=1S/C19H19ClN2O3/c1-3-13(2)24-15-10-8-14(9-11-15)12-18-21-22(19(23)25-18)17-7-5-4-6-16(17)20/h4-11,13H,3,12H2,1-2H3. The van der Waals surface area contributed by atoms with E-state index in [1.54, 1.807) is 24.3 Å². The average molecular weight is 359 g/mol. The molecule has 3 aromatic rings. The van der Waals surface area contributed by atoms with Crippen molar-refractivity contribution >= 4 is 11.6 Å². The zero-order valence-corrected chi connectivity index (χ0v) is 14.9. The normalized spacial score (nSPS) is 12.1. The molecule has 5 nitrogen and oxygen atoms in total. The molecule has 0 spiro atoms. The van der Waals surface area contributed by atoms with E-state index in [0.717, 1.165) is 17.7 Å². The number of hydrogen-bond donors (Lipinski definition) is 0. The van der Waals surface area contributed by atoms with Gasteiger partial charge in [0, 0.05) is 0 Å². The Morgan fingerprint density at radius 2 is 1.92 bits per heavy atom. The highest BCUT2D eigenvalue weighted by Crippen LogP contribution is 2.19. The van der Waals surface area contributed by atoms with E-state index in [1.165, 1.54) is 4.68 Å². The van der Waals surface area contributed by atoms with Crippen LogP contribution in [0.4, 0.5) is 0 Å². The third kappa shape index (κ3) is 4.12. The summed E-state index contributed by atoms with van der Waals surface area (Å²) < 4.78 is 12.2. The molecule has 0 aliphatic heterocycles. The van der Waals surface area contributed by atoms with Crippen LogP contribution in [0.25, 0.3) is 5.69 Å². The van der Waals surface area contributed by atoms with Gasteiger partial charge < -0.3 is 9.15 Å². The maximum atomic E-state index is 12.0. The van der Waals surface area contributed by atoms with E-state index in [2.05, 4.69) is 12.0 Å². The zero-order valence-electron chi connectivity index (χ0n) is 14.1. The molecular formula is C19H19ClN2O3. The molecule has 25 heavy (non-hydrogen) atoms. The lowest BCUT2D eigenvalue weighted by Crippen LogP contribution is -2.13. The fourth-order valence-corrected chi connectivity index (χ4v) is 2.56. The van der Waals surface area contributed by atoms with Gasteiger partial charge in [-0.1, -0.05) is 42.8 Å². The van der Waals surface area contributed by atoms with Crippen LogP contribution in [0.5, 0.6) is 5.75 Å². The highest BCUT2D eigenvalue weighted by atomic mass is 35.5. The molecule has 1 heterocycles. The van der Waals surface area contributed by atoms with Crippen LogP contribution in [-0.2, 0) is 6.42 Å². The summed E-state index contributed by atoms with van der Waals surface area (Å²) in [7, 11) is 0. The average Bonchev–Trinajstić information content (AvgIpc) is 2.97. The first-order valence-corrected chi connectivity index (χ1v) is 8.54. The van der Waals surface area contributed by atoms with Crippen LogP contribution in [0.3, 0.4) is 0 Å². The molecule has 0 bridgehead atoms. The molecule has 1 unspecified atom stereocenters. The molecular weight excluding hydrogens is 340 g/mol. The third-order valence-electron chi connectivity index (χ3n) is 3.86. The van der Waals surface area contributed by atoms with Gasteiger partial charge in [-0.2, -0.15) is 4.68 Å². The second-order valence-electron chi connectivity index (χ2n) is 5.78. The van der Waals surface area contributed by atoms with Gasteiger partial charge in [0.05, 0.1) is 23.2 Å². The van der Waals surface area contributed by atoms with E-state index in [9.17, 15) is 4.79 Å². The molecule has 0 fully saturated rings. The molecule has 1 atom stereocenters. The van der Waals surface area contributed by atoms with Gasteiger partial charge in [-0.15, -0.1) is 5.10 Å². The lowest BCUT2D eigenvalue weighted by molar-refractivity contribution is 0.217. The zero-order chi connectivity index (χ0) is 17.8. The van der Waals surface area contributed by atoms with Crippen molar-refractivity contribution in [3.63, 3.8) is 0 Å². The van der Waals surface area contributed by atoms with Crippen molar-refractivity contribution in [2.24, 2.45) is 0 Å². The Morgan fingerprint density at radius 3 is 2.60 bits per heavy atom. The summed E-state index contributed by atoms with van der Waals surface area (Å²) in [6.45, 7) is 4.11. The summed E-state index contributed by atoms with van der Waals surface area (Å²) in [5.41, 5.74) is 1.48. The highest BCUT2D eigenvalue weighted by Gasteiger charge is 2.13. The molecule has 0 amide bonds. The number of aromatic nitrogens is 2. The largest absolute Gasteiger partial charge is 0.491 e. The van der Waals surface area contributed by atoms with Gasteiger partial charge in [0.1, 0.15) is 5.75 Å². The minimum Gasteiger partial charge on any atom is -0.491 e. The SMILES string of the molecule is CCC(C)Oc1ccc(Cc2nn(-c3ccccc3Cl)c(=O)o2)cc1. The predicted octanol–water partition coefficient (Wildman–Crippen LogP) is 4.25. The maximum absolute atomic E-state index is 12.0. The van der Waals surface area contributed by atoms with Gasteiger partial charge in [-0.3, -0.25) is 0 Å². The lowest BCUT2D eigenvalue weighted by Gasteiger charge is -2.12. The van der Waals surface area contributed by atoms with Gasteiger partial charge in [-0.25, -0.2) is 4.79 Å². The first kappa shape index (κ1) is 17.3. The Kier molecular flexibility index (Phi) is 5.24. The fourth-order valence-electron chi connectivity index (χ4n) is 2.34.